The molecule has 0 radical (unpaired) electrons. The van der Waals surface area contributed by atoms with E-state index in [1.165, 1.54) is 12.1 Å². The lowest BCUT2D eigenvalue weighted by Crippen LogP contribution is -1.99. The number of thiazole rings is 1. The Hall–Kier alpha value is -1.92. The van der Waals surface area contributed by atoms with Crippen molar-refractivity contribution >= 4 is 43.5 Å². The summed E-state index contributed by atoms with van der Waals surface area (Å²) < 4.78 is 7.50. The molecule has 0 saturated heterocycles. The van der Waals surface area contributed by atoms with Crippen LogP contribution in [0.2, 0.25) is 0 Å². The average molecular weight is 364 g/mol. The van der Waals surface area contributed by atoms with Crippen LogP contribution in [0.5, 0.6) is 5.75 Å². The van der Waals surface area contributed by atoms with Gasteiger partial charge in [0.15, 0.2) is 0 Å². The van der Waals surface area contributed by atoms with Crippen molar-refractivity contribution < 1.29 is 14.6 Å². The van der Waals surface area contributed by atoms with Gasteiger partial charge in [0, 0.05) is 0 Å². The number of benzene rings is 2. The van der Waals surface area contributed by atoms with Crippen LogP contribution in [0.15, 0.2) is 46.9 Å². The normalized spacial score (nSPS) is 10.7. The molecular formula is C15H10BrNO3S. The first kappa shape index (κ1) is 14.0. The van der Waals surface area contributed by atoms with E-state index in [1.807, 2.05) is 24.3 Å². The van der Waals surface area contributed by atoms with E-state index in [1.54, 1.807) is 17.4 Å². The number of hydrogen-bond acceptors (Lipinski definition) is 4. The van der Waals surface area contributed by atoms with Crippen molar-refractivity contribution in [2.24, 2.45) is 0 Å². The maximum absolute atomic E-state index is 11.0. The Morgan fingerprint density at radius 1 is 1.29 bits per heavy atom. The van der Waals surface area contributed by atoms with Crippen molar-refractivity contribution in [1.29, 1.82) is 0 Å². The summed E-state index contributed by atoms with van der Waals surface area (Å²) in [5.74, 6) is -0.485. The fourth-order valence-corrected chi connectivity index (χ4v) is 3.11. The summed E-state index contributed by atoms with van der Waals surface area (Å²) in [7, 11) is 0. The van der Waals surface area contributed by atoms with Gasteiger partial charge in [-0.2, -0.15) is 0 Å². The number of aromatic nitrogens is 1. The summed E-state index contributed by atoms with van der Waals surface area (Å²) in [6.07, 6.45) is 0. The molecule has 0 amide bonds. The van der Waals surface area contributed by atoms with Gasteiger partial charge in [0.2, 0.25) is 0 Å². The van der Waals surface area contributed by atoms with E-state index in [0.717, 1.165) is 15.2 Å². The fourth-order valence-electron chi connectivity index (χ4n) is 1.87. The molecule has 1 heterocycles. The number of hydrogen-bond donors (Lipinski definition) is 1. The number of fused-ring (bicyclic) bond motifs is 1. The number of halogens is 1. The van der Waals surface area contributed by atoms with E-state index in [0.29, 0.717) is 16.8 Å². The molecule has 1 N–H and O–H groups in total. The second-order valence-electron chi connectivity index (χ2n) is 4.31. The number of rotatable bonds is 4. The molecule has 3 rings (SSSR count). The SMILES string of the molecule is O=C(O)c1ccc(Br)c(OCc2nc3ccccc3s2)c1. The van der Waals surface area contributed by atoms with Gasteiger partial charge >= 0.3 is 5.97 Å². The third kappa shape index (κ3) is 3.06. The van der Waals surface area contributed by atoms with Crippen LogP contribution in [0.3, 0.4) is 0 Å². The van der Waals surface area contributed by atoms with Crippen LogP contribution in [-0.4, -0.2) is 16.1 Å². The van der Waals surface area contributed by atoms with Gasteiger partial charge in [0.1, 0.15) is 17.4 Å². The van der Waals surface area contributed by atoms with Crippen LogP contribution in [0, 0.1) is 0 Å². The first-order valence-corrected chi connectivity index (χ1v) is 7.74. The third-order valence-corrected chi connectivity index (χ3v) is 4.53. The molecule has 4 nitrogen and oxygen atoms in total. The molecule has 6 heteroatoms. The standard InChI is InChI=1S/C15H10BrNO3S/c16-10-6-5-9(15(18)19)7-12(10)20-8-14-17-11-3-1-2-4-13(11)21-14/h1-7H,8H2,(H,18,19). The highest BCUT2D eigenvalue weighted by Crippen LogP contribution is 2.28. The molecular weight excluding hydrogens is 354 g/mol. The van der Waals surface area contributed by atoms with Crippen molar-refractivity contribution in [2.45, 2.75) is 6.61 Å². The Kier molecular flexibility index (Phi) is 3.90. The molecule has 21 heavy (non-hydrogen) atoms. The molecule has 0 aliphatic carbocycles. The highest BCUT2D eigenvalue weighted by Gasteiger charge is 2.09. The highest BCUT2D eigenvalue weighted by molar-refractivity contribution is 9.10. The summed E-state index contributed by atoms with van der Waals surface area (Å²) >= 11 is 4.92. The maximum Gasteiger partial charge on any atom is 0.335 e. The number of carboxylic acid groups (broad SMARTS) is 1. The topological polar surface area (TPSA) is 59.4 Å². The Labute approximate surface area is 133 Å². The minimum atomic E-state index is -0.979. The lowest BCUT2D eigenvalue weighted by Gasteiger charge is -2.07. The number of ether oxygens (including phenoxy) is 1. The average Bonchev–Trinajstić information content (AvgIpc) is 2.89. The van der Waals surface area contributed by atoms with Crippen molar-refractivity contribution in [3.63, 3.8) is 0 Å². The first-order valence-electron chi connectivity index (χ1n) is 6.13. The lowest BCUT2D eigenvalue weighted by atomic mass is 10.2. The zero-order chi connectivity index (χ0) is 14.8. The van der Waals surface area contributed by atoms with Gasteiger partial charge in [-0.05, 0) is 46.3 Å². The summed E-state index contributed by atoms with van der Waals surface area (Å²) in [5, 5.41) is 9.85. The Bertz CT molecular complexity index is 783. The molecule has 0 fully saturated rings. The van der Waals surface area contributed by atoms with Crippen LogP contribution < -0.4 is 4.74 Å². The number of aromatic carboxylic acids is 1. The van der Waals surface area contributed by atoms with Gasteiger partial charge in [-0.1, -0.05) is 12.1 Å². The molecule has 3 aromatic rings. The van der Waals surface area contributed by atoms with Gasteiger partial charge in [-0.3, -0.25) is 0 Å². The number of para-hydroxylation sites is 1. The van der Waals surface area contributed by atoms with E-state index < -0.39 is 5.97 Å². The smallest absolute Gasteiger partial charge is 0.335 e. The fraction of sp³-hybridized carbons (Fsp3) is 0.0667. The third-order valence-electron chi connectivity index (χ3n) is 2.87. The maximum atomic E-state index is 11.0. The zero-order valence-corrected chi connectivity index (χ0v) is 13.1. The van der Waals surface area contributed by atoms with E-state index in [4.69, 9.17) is 9.84 Å². The summed E-state index contributed by atoms with van der Waals surface area (Å²) in [6, 6.07) is 12.6. The van der Waals surface area contributed by atoms with Crippen LogP contribution in [0.1, 0.15) is 15.4 Å². The van der Waals surface area contributed by atoms with Crippen molar-refractivity contribution in [3.05, 3.63) is 57.5 Å². The molecule has 0 aliphatic heterocycles. The second kappa shape index (κ2) is 5.83. The molecule has 0 aliphatic rings. The largest absolute Gasteiger partial charge is 0.485 e. The minimum absolute atomic E-state index is 0.192. The number of nitrogens with zero attached hydrogens (tertiary/aromatic N) is 1. The number of carbonyl (C=O) groups is 1. The van der Waals surface area contributed by atoms with Crippen molar-refractivity contribution in [3.8, 4) is 5.75 Å². The van der Waals surface area contributed by atoms with Crippen LogP contribution in [0.25, 0.3) is 10.2 Å². The van der Waals surface area contributed by atoms with Crippen LogP contribution in [0.4, 0.5) is 0 Å². The van der Waals surface area contributed by atoms with Gasteiger partial charge in [-0.25, -0.2) is 9.78 Å². The Morgan fingerprint density at radius 3 is 2.86 bits per heavy atom. The van der Waals surface area contributed by atoms with Gasteiger partial charge < -0.3 is 9.84 Å². The second-order valence-corrected chi connectivity index (χ2v) is 6.28. The molecule has 0 bridgehead atoms. The molecule has 0 saturated carbocycles. The van der Waals surface area contributed by atoms with Crippen molar-refractivity contribution in [1.82, 2.24) is 4.98 Å². The van der Waals surface area contributed by atoms with E-state index in [9.17, 15) is 4.79 Å². The van der Waals surface area contributed by atoms with Gasteiger partial charge in [-0.15, -0.1) is 11.3 Å². The van der Waals surface area contributed by atoms with Crippen LogP contribution >= 0.6 is 27.3 Å². The molecule has 106 valence electrons. The zero-order valence-electron chi connectivity index (χ0n) is 10.7. The van der Waals surface area contributed by atoms with Gasteiger partial charge in [0.25, 0.3) is 0 Å². The molecule has 0 unspecified atom stereocenters. The quantitative estimate of drug-likeness (QED) is 0.748. The van der Waals surface area contributed by atoms with Crippen molar-refractivity contribution in [2.75, 3.05) is 0 Å². The summed E-state index contributed by atoms with van der Waals surface area (Å²) in [6.45, 7) is 0.307. The van der Waals surface area contributed by atoms with E-state index in [-0.39, 0.29) is 5.56 Å². The van der Waals surface area contributed by atoms with E-state index in [2.05, 4.69) is 20.9 Å². The highest BCUT2D eigenvalue weighted by atomic mass is 79.9. The van der Waals surface area contributed by atoms with E-state index >= 15 is 0 Å². The monoisotopic (exact) mass is 363 g/mol. The predicted octanol–water partition coefficient (Wildman–Crippen LogP) is 4.34. The van der Waals surface area contributed by atoms with Crippen LogP contribution in [-0.2, 0) is 6.61 Å². The lowest BCUT2D eigenvalue weighted by molar-refractivity contribution is 0.0696. The molecule has 0 spiro atoms. The summed E-state index contributed by atoms with van der Waals surface area (Å²) in [5.41, 5.74) is 1.14. The first-order chi connectivity index (χ1) is 10.1. The molecule has 1 aromatic heterocycles. The number of carboxylic acids is 1. The molecule has 0 atom stereocenters. The van der Waals surface area contributed by atoms with Gasteiger partial charge in [0.05, 0.1) is 20.3 Å². The molecule has 2 aromatic carbocycles. The summed E-state index contributed by atoms with van der Waals surface area (Å²) in [4.78, 5) is 15.5. The predicted molar refractivity (Wildman–Crippen MR) is 85.1 cm³/mol. The Balaban J connectivity index is 1.80. The Morgan fingerprint density at radius 2 is 2.10 bits per heavy atom. The minimum Gasteiger partial charge on any atom is -0.485 e.